The van der Waals surface area contributed by atoms with Crippen LogP contribution in [-0.2, 0) is 0 Å². The van der Waals surface area contributed by atoms with Gasteiger partial charge in [-0.3, -0.25) is 4.40 Å². The number of nitrogens with one attached hydrogen (secondary N) is 2. The lowest BCUT2D eigenvalue weighted by molar-refractivity contribution is -0.170. The van der Waals surface area contributed by atoms with Gasteiger partial charge in [-0.15, -0.1) is 0 Å². The largest absolute Gasteiger partial charge is 0.467 e. The Morgan fingerprint density at radius 3 is 2.65 bits per heavy atom. The van der Waals surface area contributed by atoms with Crippen molar-refractivity contribution in [2.24, 2.45) is 5.92 Å². The van der Waals surface area contributed by atoms with Gasteiger partial charge in [-0.1, -0.05) is 6.07 Å². The Kier molecular flexibility index (Phi) is 5.37. The summed E-state index contributed by atoms with van der Waals surface area (Å²) in [6, 6.07) is 3.88. The van der Waals surface area contributed by atoms with Crippen molar-refractivity contribution in [3.63, 3.8) is 0 Å². The molecule has 2 atom stereocenters. The zero-order valence-electron chi connectivity index (χ0n) is 15.7. The number of aromatic nitrogens is 4. The first-order chi connectivity index (χ1) is 14.6. The zero-order valence-corrected chi connectivity index (χ0v) is 15.7. The molecule has 2 N–H and O–H groups in total. The molecular formula is C18H16F6N6O. The predicted molar refractivity (Wildman–Crippen MR) is 97.6 cm³/mol. The van der Waals surface area contributed by atoms with Gasteiger partial charge < -0.3 is 15.4 Å². The van der Waals surface area contributed by atoms with Crippen LogP contribution < -0.4 is 15.4 Å². The predicted octanol–water partition coefficient (Wildman–Crippen LogP) is 3.29. The summed E-state index contributed by atoms with van der Waals surface area (Å²) in [6.45, 7) is -1.54. The van der Waals surface area contributed by atoms with Crippen molar-refractivity contribution in [2.75, 3.05) is 25.0 Å². The quantitative estimate of drug-likeness (QED) is 0.586. The summed E-state index contributed by atoms with van der Waals surface area (Å²) in [6.07, 6.45) is -4.94. The number of alkyl halides is 6. The summed E-state index contributed by atoms with van der Waals surface area (Å²) in [5, 5.41) is 5.53. The van der Waals surface area contributed by atoms with Crippen molar-refractivity contribution in [1.29, 1.82) is 0 Å². The van der Waals surface area contributed by atoms with Crippen molar-refractivity contribution in [3.8, 4) is 17.3 Å². The number of nitrogens with zero attached hydrogens (tertiary/aromatic N) is 4. The molecule has 0 aromatic carbocycles. The second-order valence-corrected chi connectivity index (χ2v) is 6.97. The number of halogens is 6. The number of hydrogen-bond acceptors (Lipinski definition) is 6. The molecule has 0 amide bonds. The molecule has 4 heterocycles. The van der Waals surface area contributed by atoms with E-state index in [1.165, 1.54) is 29.1 Å². The molecule has 4 rings (SSSR count). The van der Waals surface area contributed by atoms with Crippen molar-refractivity contribution in [2.45, 2.75) is 18.4 Å². The van der Waals surface area contributed by atoms with Crippen LogP contribution in [0.5, 0.6) is 5.88 Å². The summed E-state index contributed by atoms with van der Waals surface area (Å²) in [5.41, 5.74) is 1.11. The molecule has 13 heteroatoms. The van der Waals surface area contributed by atoms with Crippen LogP contribution in [0.3, 0.4) is 0 Å². The fourth-order valence-electron chi connectivity index (χ4n) is 3.31. The molecule has 0 bridgehead atoms. The van der Waals surface area contributed by atoms with Gasteiger partial charge in [0, 0.05) is 13.1 Å². The maximum atomic E-state index is 13.2. The molecule has 3 aromatic rings. The topological polar surface area (TPSA) is 76.4 Å². The van der Waals surface area contributed by atoms with Crippen molar-refractivity contribution in [3.05, 3.63) is 36.8 Å². The second kappa shape index (κ2) is 7.87. The van der Waals surface area contributed by atoms with E-state index in [9.17, 15) is 26.3 Å². The molecule has 1 saturated heterocycles. The van der Waals surface area contributed by atoms with E-state index in [0.29, 0.717) is 17.0 Å². The Balaban J connectivity index is 1.58. The van der Waals surface area contributed by atoms with Crippen LogP contribution in [0.1, 0.15) is 0 Å². The fraction of sp³-hybridized carbons (Fsp3) is 0.389. The zero-order chi connectivity index (χ0) is 22.2. The molecule has 7 nitrogen and oxygen atoms in total. The van der Waals surface area contributed by atoms with Gasteiger partial charge in [-0.2, -0.15) is 26.3 Å². The minimum Gasteiger partial charge on any atom is -0.467 e. The highest BCUT2D eigenvalue weighted by Crippen LogP contribution is 2.32. The third-order valence-corrected chi connectivity index (χ3v) is 4.74. The van der Waals surface area contributed by atoms with Gasteiger partial charge in [-0.05, 0) is 12.1 Å². The Hall–Kier alpha value is -3.09. The summed E-state index contributed by atoms with van der Waals surface area (Å²) in [4.78, 5) is 12.3. The van der Waals surface area contributed by atoms with E-state index in [0.717, 1.165) is 0 Å². The van der Waals surface area contributed by atoms with Gasteiger partial charge in [-0.25, -0.2) is 15.0 Å². The minimum absolute atomic E-state index is 0.136. The molecule has 1 fully saturated rings. The van der Waals surface area contributed by atoms with E-state index < -0.39 is 30.9 Å². The van der Waals surface area contributed by atoms with E-state index >= 15 is 0 Å². The van der Waals surface area contributed by atoms with E-state index in [4.69, 9.17) is 0 Å². The first-order valence-electron chi connectivity index (χ1n) is 9.14. The second-order valence-electron chi connectivity index (χ2n) is 6.97. The van der Waals surface area contributed by atoms with Gasteiger partial charge in [0.15, 0.2) is 12.3 Å². The number of ether oxygens (including phenoxy) is 1. The maximum absolute atomic E-state index is 13.2. The highest BCUT2D eigenvalue weighted by molar-refractivity contribution is 5.61. The number of fused-ring (bicyclic) bond motifs is 1. The van der Waals surface area contributed by atoms with Crippen LogP contribution >= 0.6 is 0 Å². The Bertz CT molecular complexity index is 1070. The van der Waals surface area contributed by atoms with Gasteiger partial charge in [0.1, 0.15) is 5.82 Å². The summed E-state index contributed by atoms with van der Waals surface area (Å²) >= 11 is 0. The number of rotatable bonds is 5. The van der Waals surface area contributed by atoms with Crippen LogP contribution in [0.25, 0.3) is 17.0 Å². The SMILES string of the molecule is FC(F)(F)COc1cn2c(-c3cccc(N[C@H]4CNC[C@@H]4C(F)(F)F)n3)cnc2cn1. The average Bonchev–Trinajstić information content (AvgIpc) is 3.32. The fourth-order valence-corrected chi connectivity index (χ4v) is 3.31. The lowest BCUT2D eigenvalue weighted by Gasteiger charge is -2.22. The Morgan fingerprint density at radius 1 is 1.10 bits per heavy atom. The lowest BCUT2D eigenvalue weighted by Crippen LogP contribution is -2.38. The van der Waals surface area contributed by atoms with Gasteiger partial charge in [0.25, 0.3) is 0 Å². The number of imidazole rings is 1. The average molecular weight is 446 g/mol. The molecule has 31 heavy (non-hydrogen) atoms. The number of pyridine rings is 1. The molecule has 0 unspecified atom stereocenters. The monoisotopic (exact) mass is 446 g/mol. The molecule has 0 saturated carbocycles. The van der Waals surface area contributed by atoms with Crippen LogP contribution in [0.15, 0.2) is 36.8 Å². The minimum atomic E-state index is -4.51. The molecular weight excluding hydrogens is 430 g/mol. The van der Waals surface area contributed by atoms with Gasteiger partial charge in [0.05, 0.1) is 41.9 Å². The van der Waals surface area contributed by atoms with Gasteiger partial charge >= 0.3 is 12.4 Å². The van der Waals surface area contributed by atoms with E-state index in [2.05, 4.69) is 30.3 Å². The summed E-state index contributed by atoms with van der Waals surface area (Å²) in [7, 11) is 0. The van der Waals surface area contributed by atoms with Crippen LogP contribution in [-0.4, -0.2) is 57.4 Å². The molecule has 1 aliphatic rings. The Labute approximate surface area is 171 Å². The first-order valence-corrected chi connectivity index (χ1v) is 9.14. The molecule has 0 radical (unpaired) electrons. The standard InChI is InChI=1S/C18H16F6N6O/c19-17(20,21)9-31-16-8-30-13(6-26-15(30)7-27-16)11-2-1-3-14(28-11)29-12-5-25-4-10(12)18(22,23)24/h1-3,6-8,10,12,25H,4-5,9H2,(H,28,29)/t10-,12-/m0/s1. The molecule has 3 aromatic heterocycles. The third-order valence-electron chi connectivity index (χ3n) is 4.74. The van der Waals surface area contributed by atoms with Crippen molar-refractivity contribution >= 4 is 11.5 Å². The molecule has 0 spiro atoms. The van der Waals surface area contributed by atoms with Crippen LogP contribution in [0.2, 0.25) is 0 Å². The first kappa shape index (κ1) is 21.2. The van der Waals surface area contributed by atoms with Crippen molar-refractivity contribution < 1.29 is 31.1 Å². The van der Waals surface area contributed by atoms with E-state index in [1.807, 2.05) is 0 Å². The normalized spacial score (nSPS) is 19.7. The third kappa shape index (κ3) is 4.81. The van der Waals surface area contributed by atoms with E-state index in [-0.39, 0.29) is 24.8 Å². The summed E-state index contributed by atoms with van der Waals surface area (Å²) < 4.78 is 82.8. The number of hydrogen-bond donors (Lipinski definition) is 2. The van der Waals surface area contributed by atoms with Crippen molar-refractivity contribution in [1.82, 2.24) is 24.7 Å². The van der Waals surface area contributed by atoms with E-state index in [1.54, 1.807) is 12.1 Å². The maximum Gasteiger partial charge on any atom is 0.422 e. The Morgan fingerprint density at radius 2 is 1.90 bits per heavy atom. The van der Waals surface area contributed by atoms with Crippen LogP contribution in [0.4, 0.5) is 32.2 Å². The smallest absolute Gasteiger partial charge is 0.422 e. The number of anilines is 1. The molecule has 0 aliphatic carbocycles. The summed E-state index contributed by atoms with van der Waals surface area (Å²) in [5.74, 6) is -1.57. The highest BCUT2D eigenvalue weighted by atomic mass is 19.4. The molecule has 1 aliphatic heterocycles. The van der Waals surface area contributed by atoms with Crippen LogP contribution in [0, 0.1) is 5.92 Å². The molecule has 166 valence electrons. The highest BCUT2D eigenvalue weighted by Gasteiger charge is 2.47. The van der Waals surface area contributed by atoms with Gasteiger partial charge in [0.2, 0.25) is 5.88 Å². The lowest BCUT2D eigenvalue weighted by atomic mass is 10.0.